The van der Waals surface area contributed by atoms with E-state index in [9.17, 15) is 0 Å². The topological polar surface area (TPSA) is 35.1 Å². The van der Waals surface area contributed by atoms with Gasteiger partial charge in [-0.2, -0.15) is 0 Å². The number of fused-ring (bicyclic) bond motifs is 15. The first kappa shape index (κ1) is 21.4. The second-order valence-corrected chi connectivity index (χ2v) is 11.1. The number of para-hydroxylation sites is 4. The molecule has 0 spiro atoms. The molecule has 4 heterocycles. The van der Waals surface area contributed by atoms with Gasteiger partial charge in [0.1, 0.15) is 5.65 Å². The molecule has 10 rings (SSSR count). The van der Waals surface area contributed by atoms with Crippen molar-refractivity contribution in [1.29, 1.82) is 0 Å². The van der Waals surface area contributed by atoms with Gasteiger partial charge in [0, 0.05) is 33.4 Å². The van der Waals surface area contributed by atoms with E-state index in [-0.39, 0.29) is 0 Å². The summed E-state index contributed by atoms with van der Waals surface area (Å²) in [6.07, 6.45) is 4.76. The molecule has 0 amide bonds. The molecule has 190 valence electrons. The van der Waals surface area contributed by atoms with Gasteiger partial charge in [0.25, 0.3) is 0 Å². The highest BCUT2D eigenvalue weighted by molar-refractivity contribution is 6.17. The van der Waals surface area contributed by atoms with Crippen LogP contribution in [0.4, 0.5) is 0 Å². The standard InChI is InChI=1S/C37H22N4/c1-2-8-23(9-3-1)40-32-12-6-4-10-25(32)29-18-22-19-30-24(28(22)20-34(29)40)14-15-27-26-16-17-38-21-35(26)41-33-13-7-5-11-31(33)39-37(41)36(27)30/h1-18,20-21H,19H2. The molecule has 4 nitrogen and oxygen atoms in total. The van der Waals surface area contributed by atoms with Crippen molar-refractivity contribution in [1.82, 2.24) is 18.9 Å². The fourth-order valence-electron chi connectivity index (χ4n) is 7.30. The Bertz CT molecular complexity index is 2550. The molecule has 1 aliphatic carbocycles. The van der Waals surface area contributed by atoms with Gasteiger partial charge in [-0.1, -0.05) is 60.7 Å². The van der Waals surface area contributed by atoms with Crippen LogP contribution in [-0.2, 0) is 6.42 Å². The van der Waals surface area contributed by atoms with Gasteiger partial charge < -0.3 is 4.57 Å². The van der Waals surface area contributed by atoms with Gasteiger partial charge in [0.2, 0.25) is 0 Å². The minimum atomic E-state index is 0.887. The normalized spacial score (nSPS) is 12.8. The van der Waals surface area contributed by atoms with Crippen molar-refractivity contribution in [2.24, 2.45) is 0 Å². The Hall–Kier alpha value is -5.48. The predicted molar refractivity (Wildman–Crippen MR) is 168 cm³/mol. The van der Waals surface area contributed by atoms with Crippen LogP contribution in [0.1, 0.15) is 11.1 Å². The third kappa shape index (κ3) is 2.69. The number of nitrogens with zero attached hydrogens (tertiary/aromatic N) is 4. The van der Waals surface area contributed by atoms with Gasteiger partial charge in [-0.15, -0.1) is 0 Å². The molecule has 0 saturated carbocycles. The van der Waals surface area contributed by atoms with Crippen LogP contribution in [0.3, 0.4) is 0 Å². The predicted octanol–water partition coefficient (Wildman–Crippen LogP) is 8.86. The first-order valence-electron chi connectivity index (χ1n) is 14.1. The highest BCUT2D eigenvalue weighted by Gasteiger charge is 2.26. The van der Waals surface area contributed by atoms with E-state index in [1.165, 1.54) is 65.9 Å². The quantitative estimate of drug-likeness (QED) is 0.202. The summed E-state index contributed by atoms with van der Waals surface area (Å²) in [5.74, 6) is 0. The van der Waals surface area contributed by atoms with Crippen LogP contribution >= 0.6 is 0 Å². The molecule has 0 atom stereocenters. The average molecular weight is 523 g/mol. The van der Waals surface area contributed by atoms with E-state index in [2.05, 4.69) is 123 Å². The summed E-state index contributed by atoms with van der Waals surface area (Å²) in [6.45, 7) is 0. The van der Waals surface area contributed by atoms with Crippen molar-refractivity contribution < 1.29 is 0 Å². The van der Waals surface area contributed by atoms with E-state index in [0.717, 1.165) is 28.6 Å². The van der Waals surface area contributed by atoms with Crippen LogP contribution in [0.2, 0.25) is 0 Å². The van der Waals surface area contributed by atoms with E-state index in [0.29, 0.717) is 0 Å². The number of imidazole rings is 1. The minimum Gasteiger partial charge on any atom is -0.309 e. The lowest BCUT2D eigenvalue weighted by Crippen LogP contribution is -1.95. The lowest BCUT2D eigenvalue weighted by molar-refractivity contribution is 1.18. The molecule has 41 heavy (non-hydrogen) atoms. The van der Waals surface area contributed by atoms with Crippen LogP contribution in [-0.4, -0.2) is 18.9 Å². The molecule has 0 N–H and O–H groups in total. The van der Waals surface area contributed by atoms with Crippen LogP contribution in [0.5, 0.6) is 0 Å². The smallest absolute Gasteiger partial charge is 0.146 e. The summed E-state index contributed by atoms with van der Waals surface area (Å²) < 4.78 is 4.71. The van der Waals surface area contributed by atoms with Crippen molar-refractivity contribution in [3.05, 3.63) is 133 Å². The number of benzene rings is 5. The molecule has 0 bridgehead atoms. The molecule has 0 unspecified atom stereocenters. The van der Waals surface area contributed by atoms with E-state index in [1.807, 2.05) is 12.4 Å². The molecule has 4 heteroatoms. The van der Waals surface area contributed by atoms with Gasteiger partial charge in [0.15, 0.2) is 0 Å². The summed E-state index contributed by atoms with van der Waals surface area (Å²) in [7, 11) is 0. The fourth-order valence-corrected chi connectivity index (χ4v) is 7.30. The zero-order valence-corrected chi connectivity index (χ0v) is 22.0. The summed E-state index contributed by atoms with van der Waals surface area (Å²) in [6, 6.07) is 39.5. The van der Waals surface area contributed by atoms with Gasteiger partial charge in [-0.3, -0.25) is 9.38 Å². The second-order valence-electron chi connectivity index (χ2n) is 11.1. The Morgan fingerprint density at radius 3 is 2.32 bits per heavy atom. The Morgan fingerprint density at radius 1 is 0.585 bits per heavy atom. The molecular formula is C37H22N4. The largest absolute Gasteiger partial charge is 0.309 e. The average Bonchev–Trinajstić information content (AvgIpc) is 3.69. The Morgan fingerprint density at radius 2 is 1.39 bits per heavy atom. The second kappa shape index (κ2) is 7.58. The van der Waals surface area contributed by atoms with Crippen LogP contribution in [0.25, 0.3) is 77.0 Å². The van der Waals surface area contributed by atoms with Gasteiger partial charge in [-0.25, -0.2) is 4.98 Å². The maximum Gasteiger partial charge on any atom is 0.146 e. The first-order valence-corrected chi connectivity index (χ1v) is 14.1. The van der Waals surface area contributed by atoms with Crippen LogP contribution in [0, 0.1) is 0 Å². The minimum absolute atomic E-state index is 0.887. The zero-order chi connectivity index (χ0) is 26.7. The zero-order valence-electron chi connectivity index (χ0n) is 22.0. The number of aromatic nitrogens is 4. The third-order valence-electron chi connectivity index (χ3n) is 9.00. The lowest BCUT2D eigenvalue weighted by Gasteiger charge is -2.12. The van der Waals surface area contributed by atoms with E-state index < -0.39 is 0 Å². The maximum absolute atomic E-state index is 5.20. The number of pyridine rings is 2. The van der Waals surface area contributed by atoms with Gasteiger partial charge >= 0.3 is 0 Å². The SMILES string of the molecule is c1ccc(-n2c3ccccc3c3cc4c(cc32)-c2ccc3c5ccncc5n5c6ccccc6nc5c3c2C4)cc1. The van der Waals surface area contributed by atoms with Crippen molar-refractivity contribution in [3.63, 3.8) is 0 Å². The Labute approximate surface area is 234 Å². The van der Waals surface area contributed by atoms with Gasteiger partial charge in [-0.05, 0) is 82.6 Å². The van der Waals surface area contributed by atoms with Crippen molar-refractivity contribution in [3.8, 4) is 16.8 Å². The molecule has 1 aliphatic rings. The van der Waals surface area contributed by atoms with Crippen molar-refractivity contribution >= 4 is 60.2 Å². The molecule has 0 aliphatic heterocycles. The van der Waals surface area contributed by atoms with Crippen molar-refractivity contribution in [2.75, 3.05) is 0 Å². The van der Waals surface area contributed by atoms with E-state index in [4.69, 9.17) is 4.98 Å². The van der Waals surface area contributed by atoms with Gasteiger partial charge in [0.05, 0.1) is 33.8 Å². The number of rotatable bonds is 1. The Balaban J connectivity index is 1.34. The summed E-state index contributed by atoms with van der Waals surface area (Å²) in [5, 5.41) is 6.27. The maximum atomic E-state index is 5.20. The van der Waals surface area contributed by atoms with E-state index in [1.54, 1.807) is 0 Å². The third-order valence-corrected chi connectivity index (χ3v) is 9.00. The van der Waals surface area contributed by atoms with Crippen LogP contribution < -0.4 is 0 Å². The Kier molecular flexibility index (Phi) is 3.95. The fraction of sp³-hybridized carbons (Fsp3) is 0.0270. The molecule has 0 fully saturated rings. The molecule has 0 radical (unpaired) electrons. The molecular weight excluding hydrogens is 500 g/mol. The highest BCUT2D eigenvalue weighted by atomic mass is 15.0. The molecule has 0 saturated heterocycles. The summed E-state index contributed by atoms with van der Waals surface area (Å²) >= 11 is 0. The monoisotopic (exact) mass is 522 g/mol. The van der Waals surface area contributed by atoms with Crippen molar-refractivity contribution in [2.45, 2.75) is 6.42 Å². The summed E-state index contributed by atoms with van der Waals surface area (Å²) in [5.41, 5.74) is 13.2. The first-order chi connectivity index (χ1) is 20.3. The molecule has 9 aromatic rings. The summed E-state index contributed by atoms with van der Waals surface area (Å²) in [4.78, 5) is 9.70. The lowest BCUT2D eigenvalue weighted by atomic mass is 9.97. The van der Waals surface area contributed by atoms with E-state index >= 15 is 0 Å². The molecule has 5 aromatic carbocycles. The highest BCUT2D eigenvalue weighted by Crippen LogP contribution is 2.46. The number of hydrogen-bond donors (Lipinski definition) is 0. The van der Waals surface area contributed by atoms with Crippen LogP contribution in [0.15, 0.2) is 122 Å². The molecule has 4 aromatic heterocycles. The number of hydrogen-bond acceptors (Lipinski definition) is 2.